The molecule has 6 nitrogen and oxygen atoms in total. The van der Waals surface area contributed by atoms with Gasteiger partial charge in [-0.25, -0.2) is 9.59 Å². The Hall–Kier alpha value is -3.80. The van der Waals surface area contributed by atoms with Gasteiger partial charge in [0.15, 0.2) is 0 Å². The highest BCUT2D eigenvalue weighted by Crippen LogP contribution is 2.35. The molecule has 0 radical (unpaired) electrons. The molecule has 0 aliphatic heterocycles. The van der Waals surface area contributed by atoms with Gasteiger partial charge in [-0.1, -0.05) is 48.5 Å². The molecule has 3 rings (SSSR count). The predicted octanol–water partition coefficient (Wildman–Crippen LogP) is 5.13. The van der Waals surface area contributed by atoms with E-state index in [0.717, 1.165) is 22.3 Å². The van der Waals surface area contributed by atoms with Crippen molar-refractivity contribution in [2.75, 3.05) is 0 Å². The molecule has 26 heavy (non-hydrogen) atoms. The number of rotatable bonds is 4. The zero-order valence-electron chi connectivity index (χ0n) is 13.5. The molecule has 0 bridgehead atoms. The van der Waals surface area contributed by atoms with E-state index in [1.165, 1.54) is 12.1 Å². The summed E-state index contributed by atoms with van der Waals surface area (Å²) in [6.45, 7) is 0. The van der Waals surface area contributed by atoms with Gasteiger partial charge in [0.25, 0.3) is 0 Å². The Morgan fingerprint density at radius 3 is 1.77 bits per heavy atom. The van der Waals surface area contributed by atoms with Crippen molar-refractivity contribution in [2.45, 2.75) is 0 Å². The molecule has 0 aliphatic carbocycles. The molecule has 3 aromatic carbocycles. The van der Waals surface area contributed by atoms with Crippen LogP contribution in [-0.2, 0) is 0 Å². The third-order valence-electron chi connectivity index (χ3n) is 3.65. The minimum absolute atomic E-state index is 0.193. The van der Waals surface area contributed by atoms with Crippen molar-refractivity contribution < 1.29 is 29.3 Å². The van der Waals surface area contributed by atoms with E-state index >= 15 is 0 Å². The maximum absolute atomic E-state index is 10.8. The molecule has 6 heteroatoms. The number of ether oxygens (including phenoxy) is 2. The third-order valence-corrected chi connectivity index (χ3v) is 3.65. The molecule has 0 heterocycles. The summed E-state index contributed by atoms with van der Waals surface area (Å²) >= 11 is 0. The Bertz CT molecular complexity index is 932. The number of carbonyl (C=O) groups is 2. The Morgan fingerprint density at radius 1 is 0.615 bits per heavy atom. The first-order chi connectivity index (χ1) is 12.5. The van der Waals surface area contributed by atoms with Crippen LogP contribution in [0, 0.1) is 0 Å². The normalized spacial score (nSPS) is 10.2. The van der Waals surface area contributed by atoms with Gasteiger partial charge in [-0.2, -0.15) is 0 Å². The van der Waals surface area contributed by atoms with Crippen molar-refractivity contribution in [3.63, 3.8) is 0 Å². The van der Waals surface area contributed by atoms with E-state index in [9.17, 15) is 9.59 Å². The van der Waals surface area contributed by atoms with E-state index in [4.69, 9.17) is 14.9 Å². The maximum atomic E-state index is 10.8. The van der Waals surface area contributed by atoms with Gasteiger partial charge in [0.2, 0.25) is 0 Å². The molecule has 130 valence electrons. The van der Waals surface area contributed by atoms with Crippen molar-refractivity contribution in [3.05, 3.63) is 72.8 Å². The Balaban J connectivity index is 2.07. The van der Waals surface area contributed by atoms with E-state index in [0.29, 0.717) is 0 Å². The molecule has 2 N–H and O–H groups in total. The van der Waals surface area contributed by atoms with Crippen LogP contribution in [0.5, 0.6) is 11.5 Å². The minimum atomic E-state index is -1.39. The fourth-order valence-corrected chi connectivity index (χ4v) is 2.60. The second-order valence-electron chi connectivity index (χ2n) is 5.33. The molecule has 0 unspecified atom stereocenters. The fourth-order valence-electron chi connectivity index (χ4n) is 2.60. The first kappa shape index (κ1) is 17.0. The molecular weight excluding hydrogens is 336 g/mol. The lowest BCUT2D eigenvalue weighted by Gasteiger charge is -2.12. The van der Waals surface area contributed by atoms with Gasteiger partial charge >= 0.3 is 12.3 Å². The summed E-state index contributed by atoms with van der Waals surface area (Å²) < 4.78 is 9.37. The molecular formula is C20H14O6. The highest BCUT2D eigenvalue weighted by Gasteiger charge is 2.11. The van der Waals surface area contributed by atoms with Gasteiger partial charge in [-0.3, -0.25) is 0 Å². The average molecular weight is 350 g/mol. The maximum Gasteiger partial charge on any atom is 0.511 e. The van der Waals surface area contributed by atoms with Crippen LogP contribution in [0.4, 0.5) is 9.59 Å². The van der Waals surface area contributed by atoms with Gasteiger partial charge < -0.3 is 19.7 Å². The van der Waals surface area contributed by atoms with Crippen LogP contribution in [0.3, 0.4) is 0 Å². The molecule has 3 aromatic rings. The predicted molar refractivity (Wildman–Crippen MR) is 94.6 cm³/mol. The van der Waals surface area contributed by atoms with E-state index in [2.05, 4.69) is 4.74 Å². The molecule has 0 aliphatic rings. The van der Waals surface area contributed by atoms with E-state index in [1.807, 2.05) is 30.3 Å². The minimum Gasteiger partial charge on any atom is -0.449 e. The Labute approximate surface area is 148 Å². The van der Waals surface area contributed by atoms with Crippen molar-refractivity contribution in [3.8, 4) is 33.8 Å². The summed E-state index contributed by atoms with van der Waals surface area (Å²) in [6.07, 6.45) is -2.78. The summed E-state index contributed by atoms with van der Waals surface area (Å²) in [5, 5.41) is 17.5. The van der Waals surface area contributed by atoms with Crippen LogP contribution in [0.25, 0.3) is 22.3 Å². The average Bonchev–Trinajstić information content (AvgIpc) is 2.62. The highest BCUT2D eigenvalue weighted by molar-refractivity contribution is 5.85. The number of carboxylic acid groups (broad SMARTS) is 2. The number of benzene rings is 3. The molecule has 0 spiro atoms. The third kappa shape index (κ3) is 3.99. The van der Waals surface area contributed by atoms with Gasteiger partial charge in [0, 0.05) is 0 Å². The van der Waals surface area contributed by atoms with Crippen molar-refractivity contribution >= 4 is 12.3 Å². The summed E-state index contributed by atoms with van der Waals surface area (Å²) in [4.78, 5) is 21.4. The standard InChI is InChI=1S/C20H14O6/c21-19(22)25-15-8-6-14(7-9-15)18-12-16(26-20(23)24)10-11-17(18)13-4-2-1-3-5-13/h1-12H,(H,21,22)(H,23,24). The van der Waals surface area contributed by atoms with Crippen molar-refractivity contribution in [1.29, 1.82) is 0 Å². The molecule has 0 atom stereocenters. The monoisotopic (exact) mass is 350 g/mol. The fraction of sp³-hybridized carbons (Fsp3) is 0. The van der Waals surface area contributed by atoms with Gasteiger partial charge in [0.05, 0.1) is 0 Å². The largest absolute Gasteiger partial charge is 0.511 e. The molecule has 0 fully saturated rings. The Kier molecular flexibility index (Phi) is 4.85. The SMILES string of the molecule is O=C(O)Oc1ccc(-c2cc(OC(=O)O)ccc2-c2ccccc2)cc1. The first-order valence-electron chi connectivity index (χ1n) is 7.64. The lowest BCUT2D eigenvalue weighted by molar-refractivity contribution is 0.143. The Morgan fingerprint density at radius 2 is 1.15 bits per heavy atom. The van der Waals surface area contributed by atoms with Crippen LogP contribution in [0.2, 0.25) is 0 Å². The number of hydrogen-bond donors (Lipinski definition) is 2. The quantitative estimate of drug-likeness (QED) is 0.500. The van der Waals surface area contributed by atoms with Gasteiger partial charge in [-0.05, 0) is 46.5 Å². The van der Waals surface area contributed by atoms with Crippen LogP contribution < -0.4 is 9.47 Å². The molecule has 0 aromatic heterocycles. The summed E-state index contributed by atoms with van der Waals surface area (Å²) in [5.74, 6) is 0.387. The summed E-state index contributed by atoms with van der Waals surface area (Å²) in [6, 6.07) is 21.1. The zero-order valence-corrected chi connectivity index (χ0v) is 13.5. The van der Waals surface area contributed by atoms with Crippen LogP contribution in [0.15, 0.2) is 72.8 Å². The van der Waals surface area contributed by atoms with Crippen molar-refractivity contribution in [1.82, 2.24) is 0 Å². The van der Waals surface area contributed by atoms with Crippen LogP contribution in [0.1, 0.15) is 0 Å². The van der Waals surface area contributed by atoms with Crippen LogP contribution in [-0.4, -0.2) is 22.5 Å². The lowest BCUT2D eigenvalue weighted by atomic mass is 9.94. The summed E-state index contributed by atoms with van der Waals surface area (Å²) in [7, 11) is 0. The smallest absolute Gasteiger partial charge is 0.449 e. The summed E-state index contributed by atoms with van der Waals surface area (Å²) in [5.41, 5.74) is 3.35. The van der Waals surface area contributed by atoms with Gasteiger partial charge in [0.1, 0.15) is 11.5 Å². The second-order valence-corrected chi connectivity index (χ2v) is 5.33. The van der Waals surface area contributed by atoms with E-state index < -0.39 is 12.3 Å². The lowest BCUT2D eigenvalue weighted by Crippen LogP contribution is -2.03. The van der Waals surface area contributed by atoms with E-state index in [-0.39, 0.29) is 11.5 Å². The first-order valence-corrected chi connectivity index (χ1v) is 7.64. The van der Waals surface area contributed by atoms with Crippen LogP contribution >= 0.6 is 0 Å². The molecule has 0 saturated heterocycles. The molecule has 0 saturated carbocycles. The number of hydrogen-bond acceptors (Lipinski definition) is 4. The zero-order chi connectivity index (χ0) is 18.5. The van der Waals surface area contributed by atoms with Gasteiger partial charge in [-0.15, -0.1) is 0 Å². The van der Waals surface area contributed by atoms with E-state index in [1.54, 1.807) is 30.3 Å². The molecule has 0 amide bonds. The van der Waals surface area contributed by atoms with Crippen molar-refractivity contribution in [2.24, 2.45) is 0 Å². The topological polar surface area (TPSA) is 93.1 Å². The second kappa shape index (κ2) is 7.40. The highest BCUT2D eigenvalue weighted by atomic mass is 16.7.